The van der Waals surface area contributed by atoms with Gasteiger partial charge < -0.3 is 10.2 Å². The van der Waals surface area contributed by atoms with Crippen molar-refractivity contribution in [1.29, 1.82) is 0 Å². The molecule has 2 saturated heterocycles. The molecular formula is C23H29BrFN3O. The number of piperidine rings is 1. The Hall–Kier alpha value is -1.66. The van der Waals surface area contributed by atoms with E-state index in [0.29, 0.717) is 24.2 Å². The smallest absolute Gasteiger partial charge is 0.321 e. The average molecular weight is 462 g/mol. The number of carbonyl (C=O) groups excluding carboxylic acids is 1. The van der Waals surface area contributed by atoms with Crippen LogP contribution < -0.4 is 5.32 Å². The van der Waals surface area contributed by atoms with Gasteiger partial charge >= 0.3 is 6.03 Å². The number of halogens is 2. The lowest BCUT2D eigenvalue weighted by Crippen LogP contribution is -2.64. The van der Waals surface area contributed by atoms with Gasteiger partial charge in [-0.25, -0.2) is 9.18 Å². The topological polar surface area (TPSA) is 35.6 Å². The maximum absolute atomic E-state index is 13.5. The monoisotopic (exact) mass is 461 g/mol. The third-order valence-corrected chi connectivity index (χ3v) is 7.10. The number of likely N-dealkylation sites (tertiary alicyclic amines) is 2. The number of benzene rings is 1. The molecule has 0 saturated carbocycles. The molecule has 0 aromatic heterocycles. The highest BCUT2D eigenvalue weighted by Crippen LogP contribution is 2.55. The fourth-order valence-electron chi connectivity index (χ4n) is 4.97. The van der Waals surface area contributed by atoms with Crippen LogP contribution in [0.15, 0.2) is 52.7 Å². The van der Waals surface area contributed by atoms with Crippen molar-refractivity contribution in [2.45, 2.75) is 51.4 Å². The fourth-order valence-corrected chi connectivity index (χ4v) is 5.23. The molecule has 1 spiro atoms. The van der Waals surface area contributed by atoms with E-state index in [0.717, 1.165) is 36.9 Å². The van der Waals surface area contributed by atoms with Crippen LogP contribution in [0.3, 0.4) is 0 Å². The molecule has 1 N–H and O–H groups in total. The zero-order valence-corrected chi connectivity index (χ0v) is 18.7. The van der Waals surface area contributed by atoms with Crippen molar-refractivity contribution in [3.05, 3.63) is 58.2 Å². The molecule has 2 atom stereocenters. The van der Waals surface area contributed by atoms with Crippen LogP contribution in [-0.2, 0) is 0 Å². The Bertz CT molecular complexity index is 812. The number of hydrogen-bond donors (Lipinski definition) is 1. The van der Waals surface area contributed by atoms with Crippen LogP contribution in [0.5, 0.6) is 0 Å². The summed E-state index contributed by atoms with van der Waals surface area (Å²) in [5.74, 6) is 0. The lowest BCUT2D eigenvalue weighted by atomic mass is 9.62. The third kappa shape index (κ3) is 4.15. The van der Waals surface area contributed by atoms with E-state index in [-0.39, 0.29) is 11.4 Å². The van der Waals surface area contributed by atoms with Crippen molar-refractivity contribution >= 4 is 22.0 Å². The Morgan fingerprint density at radius 3 is 2.55 bits per heavy atom. The molecule has 2 fully saturated rings. The number of nitrogens with zero attached hydrogens (tertiary/aromatic N) is 2. The summed E-state index contributed by atoms with van der Waals surface area (Å²) in [7, 11) is 0. The van der Waals surface area contributed by atoms with Crippen LogP contribution in [0.2, 0.25) is 0 Å². The van der Waals surface area contributed by atoms with Crippen LogP contribution in [0.4, 0.5) is 9.18 Å². The van der Waals surface area contributed by atoms with E-state index < -0.39 is 6.17 Å². The highest BCUT2D eigenvalue weighted by Gasteiger charge is 2.54. The van der Waals surface area contributed by atoms with Crippen molar-refractivity contribution in [2.75, 3.05) is 19.6 Å². The van der Waals surface area contributed by atoms with E-state index in [9.17, 15) is 9.18 Å². The van der Waals surface area contributed by atoms with Gasteiger partial charge in [0.05, 0.1) is 0 Å². The first kappa shape index (κ1) is 20.6. The SMILES string of the molecule is CC(C)N1CC2(CCN(C(=O)NC3=CC(F)CC=C3)CC2)C1c1ccc(Br)cc1. The first-order valence-corrected chi connectivity index (χ1v) is 11.3. The van der Waals surface area contributed by atoms with Gasteiger partial charge in [-0.3, -0.25) is 4.90 Å². The normalized spacial score (nSPS) is 26.4. The predicted molar refractivity (Wildman–Crippen MR) is 117 cm³/mol. The van der Waals surface area contributed by atoms with E-state index in [1.165, 1.54) is 11.6 Å². The van der Waals surface area contributed by atoms with E-state index in [2.05, 4.69) is 64.3 Å². The number of hydrogen-bond acceptors (Lipinski definition) is 2. The van der Waals surface area contributed by atoms with Gasteiger partial charge in [-0.2, -0.15) is 0 Å². The molecule has 2 heterocycles. The molecule has 2 amide bonds. The average Bonchev–Trinajstić information content (AvgIpc) is 2.68. The summed E-state index contributed by atoms with van der Waals surface area (Å²) in [5, 5.41) is 2.86. The number of amides is 2. The van der Waals surface area contributed by atoms with Crippen LogP contribution >= 0.6 is 15.9 Å². The van der Waals surface area contributed by atoms with Crippen LogP contribution in [0.1, 0.15) is 44.7 Å². The molecule has 0 radical (unpaired) electrons. The van der Waals surface area contributed by atoms with Gasteiger partial charge in [-0.05, 0) is 56.5 Å². The second-order valence-corrected chi connectivity index (χ2v) is 9.69. The Balaban J connectivity index is 1.42. The number of allylic oxidation sites excluding steroid dienone is 3. The maximum atomic E-state index is 13.5. The molecule has 2 aliphatic heterocycles. The summed E-state index contributed by atoms with van der Waals surface area (Å²) in [6.45, 7) is 7.07. The van der Waals surface area contributed by atoms with Gasteiger partial charge in [-0.15, -0.1) is 0 Å². The number of urea groups is 1. The summed E-state index contributed by atoms with van der Waals surface area (Å²) < 4.78 is 14.6. The van der Waals surface area contributed by atoms with Crippen molar-refractivity contribution in [1.82, 2.24) is 15.1 Å². The maximum Gasteiger partial charge on any atom is 0.321 e. The largest absolute Gasteiger partial charge is 0.324 e. The van der Waals surface area contributed by atoms with Gasteiger partial charge in [0.1, 0.15) is 6.17 Å². The minimum Gasteiger partial charge on any atom is -0.324 e. The van der Waals surface area contributed by atoms with Crippen LogP contribution in [0.25, 0.3) is 0 Å². The minimum absolute atomic E-state index is 0.120. The number of carbonyl (C=O) groups is 1. The molecule has 1 aromatic rings. The quantitative estimate of drug-likeness (QED) is 0.672. The van der Waals surface area contributed by atoms with Crippen LogP contribution in [-0.4, -0.2) is 47.7 Å². The standard InChI is InChI=1S/C23H29BrFN3O/c1-16(2)28-15-23(21(28)17-6-8-18(24)9-7-17)10-12-27(13-11-23)22(29)26-20-5-3-4-19(25)14-20/h3,5-9,14,16,19,21H,4,10-13,15H2,1-2H3,(H,26,29). The summed E-state index contributed by atoms with van der Waals surface area (Å²) in [4.78, 5) is 17.1. The first-order chi connectivity index (χ1) is 13.9. The van der Waals surface area contributed by atoms with Gasteiger partial charge in [0.25, 0.3) is 0 Å². The van der Waals surface area contributed by atoms with Crippen molar-refractivity contribution in [3.8, 4) is 0 Å². The first-order valence-electron chi connectivity index (χ1n) is 10.5. The van der Waals surface area contributed by atoms with Gasteiger partial charge in [-0.1, -0.05) is 34.1 Å². The molecule has 0 bridgehead atoms. The molecule has 29 heavy (non-hydrogen) atoms. The molecule has 1 aliphatic carbocycles. The predicted octanol–water partition coefficient (Wildman–Crippen LogP) is 5.19. The highest BCUT2D eigenvalue weighted by molar-refractivity contribution is 9.10. The van der Waals surface area contributed by atoms with Gasteiger partial charge in [0.2, 0.25) is 0 Å². The van der Waals surface area contributed by atoms with E-state index in [1.54, 1.807) is 12.2 Å². The lowest BCUT2D eigenvalue weighted by molar-refractivity contribution is -0.123. The molecule has 4 nitrogen and oxygen atoms in total. The molecular weight excluding hydrogens is 433 g/mol. The summed E-state index contributed by atoms with van der Waals surface area (Å²) in [5.41, 5.74) is 2.15. The number of nitrogens with one attached hydrogen (secondary N) is 1. The van der Waals surface area contributed by atoms with Crippen molar-refractivity contribution < 1.29 is 9.18 Å². The molecule has 6 heteroatoms. The Labute approximate surface area is 181 Å². The summed E-state index contributed by atoms with van der Waals surface area (Å²) in [6, 6.07) is 9.45. The van der Waals surface area contributed by atoms with Crippen LogP contribution in [0, 0.1) is 5.41 Å². The van der Waals surface area contributed by atoms with E-state index in [1.807, 2.05) is 4.90 Å². The van der Waals surface area contributed by atoms with Crippen molar-refractivity contribution in [3.63, 3.8) is 0 Å². The number of alkyl halides is 1. The third-order valence-electron chi connectivity index (χ3n) is 6.57. The van der Waals surface area contributed by atoms with Gasteiger partial charge in [0.15, 0.2) is 0 Å². The Morgan fingerprint density at radius 1 is 1.24 bits per heavy atom. The fraction of sp³-hybridized carbons (Fsp3) is 0.522. The minimum atomic E-state index is -1.01. The van der Waals surface area contributed by atoms with E-state index in [4.69, 9.17) is 0 Å². The summed E-state index contributed by atoms with van der Waals surface area (Å²) >= 11 is 3.54. The molecule has 3 aliphatic rings. The zero-order valence-electron chi connectivity index (χ0n) is 17.1. The number of rotatable bonds is 3. The Morgan fingerprint density at radius 2 is 1.93 bits per heavy atom. The van der Waals surface area contributed by atoms with Gasteiger partial charge in [0, 0.05) is 53.7 Å². The second-order valence-electron chi connectivity index (χ2n) is 8.78. The zero-order chi connectivity index (χ0) is 20.6. The van der Waals surface area contributed by atoms with Crippen molar-refractivity contribution in [2.24, 2.45) is 5.41 Å². The molecule has 4 rings (SSSR count). The van der Waals surface area contributed by atoms with E-state index >= 15 is 0 Å². The lowest BCUT2D eigenvalue weighted by Gasteiger charge is -2.62. The summed E-state index contributed by atoms with van der Waals surface area (Å²) in [6.07, 6.45) is 6.40. The molecule has 156 valence electrons. The highest BCUT2D eigenvalue weighted by atomic mass is 79.9. The Kier molecular flexibility index (Phi) is 5.85. The molecule has 1 aromatic carbocycles. The molecule has 2 unspecified atom stereocenters. The second kappa shape index (κ2) is 8.23.